The van der Waals surface area contributed by atoms with E-state index in [9.17, 15) is 9.59 Å². The van der Waals surface area contributed by atoms with E-state index in [4.69, 9.17) is 9.40 Å². The van der Waals surface area contributed by atoms with E-state index in [1.165, 1.54) is 0 Å². The van der Waals surface area contributed by atoms with Crippen LogP contribution in [0.5, 0.6) is 0 Å². The smallest absolute Gasteiger partial charge is 0.283 e. The minimum atomic E-state index is -0.203. The van der Waals surface area contributed by atoms with E-state index in [2.05, 4.69) is 46.4 Å². The second-order valence-electron chi connectivity index (χ2n) is 10.3. The molecule has 0 radical (unpaired) electrons. The predicted octanol–water partition coefficient (Wildman–Crippen LogP) is 4.77. The summed E-state index contributed by atoms with van der Waals surface area (Å²) in [7, 11) is 0. The summed E-state index contributed by atoms with van der Waals surface area (Å²) >= 11 is 0. The largest absolute Gasteiger partial charge is 0.422 e. The molecule has 0 bridgehead atoms. The van der Waals surface area contributed by atoms with E-state index in [-0.39, 0.29) is 34.5 Å². The SMILES string of the molecule is Cc1nc2c(=O)n(CC3CCN(C(=O)C4CC4)C3)c(-c3ccc(-c4ccc5[nH]ccc5c4)cc3)nc2o1. The van der Waals surface area contributed by atoms with Crippen molar-refractivity contribution in [2.24, 2.45) is 11.8 Å². The maximum Gasteiger partial charge on any atom is 0.283 e. The van der Waals surface area contributed by atoms with Crippen LogP contribution in [0.2, 0.25) is 0 Å². The normalized spacial score (nSPS) is 17.8. The second-order valence-corrected chi connectivity index (χ2v) is 10.3. The number of oxazole rings is 1. The molecular weight excluding hydrogens is 466 g/mol. The van der Waals surface area contributed by atoms with Crippen LogP contribution in [0.1, 0.15) is 25.2 Å². The van der Waals surface area contributed by atoms with Gasteiger partial charge in [0.1, 0.15) is 5.82 Å². The number of carbonyl (C=O) groups is 1. The molecule has 8 nitrogen and oxygen atoms in total. The summed E-state index contributed by atoms with van der Waals surface area (Å²) in [5.41, 5.74) is 4.45. The Balaban J connectivity index is 1.24. The van der Waals surface area contributed by atoms with Crippen molar-refractivity contribution >= 4 is 28.0 Å². The fourth-order valence-electron chi connectivity index (χ4n) is 5.47. The molecule has 37 heavy (non-hydrogen) atoms. The molecule has 1 amide bonds. The van der Waals surface area contributed by atoms with Gasteiger partial charge in [-0.3, -0.25) is 14.2 Å². The first-order valence-electron chi connectivity index (χ1n) is 12.9. The molecule has 1 N–H and O–H groups in total. The molecule has 1 saturated heterocycles. The minimum Gasteiger partial charge on any atom is -0.422 e. The Morgan fingerprint density at radius 2 is 1.81 bits per heavy atom. The number of benzene rings is 2. The maximum absolute atomic E-state index is 13.6. The molecule has 1 atom stereocenters. The summed E-state index contributed by atoms with van der Waals surface area (Å²) in [6.45, 7) is 3.64. The first-order chi connectivity index (χ1) is 18.0. The Labute approximate surface area is 213 Å². The molecule has 1 aliphatic heterocycles. The Morgan fingerprint density at radius 1 is 1.03 bits per heavy atom. The van der Waals surface area contributed by atoms with Gasteiger partial charge in [-0.1, -0.05) is 30.3 Å². The molecule has 4 heterocycles. The number of aromatic amines is 1. The van der Waals surface area contributed by atoms with E-state index >= 15 is 0 Å². The van der Waals surface area contributed by atoms with Gasteiger partial charge >= 0.3 is 0 Å². The van der Waals surface area contributed by atoms with E-state index in [1.807, 2.05) is 23.2 Å². The van der Waals surface area contributed by atoms with Crippen molar-refractivity contribution in [3.63, 3.8) is 0 Å². The highest BCUT2D eigenvalue weighted by Gasteiger charge is 2.37. The summed E-state index contributed by atoms with van der Waals surface area (Å²) in [6.07, 6.45) is 4.82. The van der Waals surface area contributed by atoms with Crippen LogP contribution in [0.4, 0.5) is 0 Å². The van der Waals surface area contributed by atoms with Gasteiger partial charge in [0.2, 0.25) is 5.91 Å². The van der Waals surface area contributed by atoms with Gasteiger partial charge in [-0.25, -0.2) is 4.98 Å². The van der Waals surface area contributed by atoms with Crippen molar-refractivity contribution in [3.05, 3.63) is 71.0 Å². The maximum atomic E-state index is 13.6. The van der Waals surface area contributed by atoms with Crippen LogP contribution >= 0.6 is 0 Å². The predicted molar refractivity (Wildman–Crippen MR) is 141 cm³/mol. The van der Waals surface area contributed by atoms with Gasteiger partial charge in [0.15, 0.2) is 11.4 Å². The molecule has 8 heteroatoms. The van der Waals surface area contributed by atoms with Gasteiger partial charge in [0.05, 0.1) is 0 Å². The number of hydrogen-bond donors (Lipinski definition) is 1. The van der Waals surface area contributed by atoms with Crippen LogP contribution in [-0.2, 0) is 11.3 Å². The van der Waals surface area contributed by atoms with Crippen molar-refractivity contribution in [2.45, 2.75) is 32.7 Å². The summed E-state index contributed by atoms with van der Waals surface area (Å²) < 4.78 is 7.38. The number of nitrogens with one attached hydrogen (secondary N) is 1. The third-order valence-corrected chi connectivity index (χ3v) is 7.62. The molecule has 7 rings (SSSR count). The summed E-state index contributed by atoms with van der Waals surface area (Å²) in [5.74, 6) is 1.65. The number of H-pyrrole nitrogens is 1. The number of nitrogens with zero attached hydrogens (tertiary/aromatic N) is 4. The van der Waals surface area contributed by atoms with E-state index in [0.717, 1.165) is 53.4 Å². The Bertz CT molecular complexity index is 1710. The van der Waals surface area contributed by atoms with Crippen molar-refractivity contribution in [2.75, 3.05) is 13.1 Å². The van der Waals surface area contributed by atoms with Gasteiger partial charge in [-0.05, 0) is 59.9 Å². The lowest BCUT2D eigenvalue weighted by Gasteiger charge is -2.18. The zero-order valence-electron chi connectivity index (χ0n) is 20.6. The molecule has 3 aromatic heterocycles. The first-order valence-corrected chi connectivity index (χ1v) is 12.9. The topological polar surface area (TPSA) is 97.0 Å². The Morgan fingerprint density at radius 3 is 2.62 bits per heavy atom. The molecule has 186 valence electrons. The van der Waals surface area contributed by atoms with Gasteiger partial charge in [0.25, 0.3) is 11.3 Å². The molecule has 1 unspecified atom stereocenters. The summed E-state index contributed by atoms with van der Waals surface area (Å²) in [6, 6.07) is 16.5. The Hall–Kier alpha value is -4.20. The van der Waals surface area contributed by atoms with Crippen LogP contribution < -0.4 is 5.56 Å². The van der Waals surface area contributed by atoms with Gasteiger partial charge in [-0.15, -0.1) is 0 Å². The monoisotopic (exact) mass is 493 g/mol. The van der Waals surface area contributed by atoms with Gasteiger partial charge in [-0.2, -0.15) is 4.98 Å². The minimum absolute atomic E-state index is 0.193. The zero-order valence-corrected chi connectivity index (χ0v) is 20.6. The zero-order chi connectivity index (χ0) is 25.1. The van der Waals surface area contributed by atoms with E-state index in [0.29, 0.717) is 24.8 Å². The Kier molecular flexibility index (Phi) is 5.02. The molecule has 1 aliphatic carbocycles. The summed E-state index contributed by atoms with van der Waals surface area (Å²) in [4.78, 5) is 40.4. The lowest BCUT2D eigenvalue weighted by atomic mass is 10.0. The number of fused-ring (bicyclic) bond motifs is 2. The quantitative estimate of drug-likeness (QED) is 0.381. The van der Waals surface area contributed by atoms with E-state index < -0.39 is 0 Å². The third kappa shape index (κ3) is 3.93. The highest BCUT2D eigenvalue weighted by atomic mass is 16.4. The first kappa shape index (κ1) is 22.0. The van der Waals surface area contributed by atoms with Crippen LogP contribution in [0, 0.1) is 18.8 Å². The number of aryl methyl sites for hydroxylation is 1. The highest BCUT2D eigenvalue weighted by Crippen LogP contribution is 2.33. The number of carbonyl (C=O) groups excluding carboxylic acids is 1. The van der Waals surface area contributed by atoms with Crippen molar-refractivity contribution < 1.29 is 9.21 Å². The number of amides is 1. The molecule has 0 spiro atoms. The molecule has 2 aliphatic rings. The molecule has 5 aromatic rings. The lowest BCUT2D eigenvalue weighted by Crippen LogP contribution is -2.32. The summed E-state index contributed by atoms with van der Waals surface area (Å²) in [5, 5.41) is 1.16. The second kappa shape index (κ2) is 8.44. The van der Waals surface area contributed by atoms with E-state index in [1.54, 1.807) is 11.5 Å². The van der Waals surface area contributed by atoms with Gasteiger partial charge < -0.3 is 14.3 Å². The fraction of sp³-hybridized carbons (Fsp3) is 0.310. The number of hydrogen-bond acceptors (Lipinski definition) is 5. The van der Waals surface area contributed by atoms with Crippen molar-refractivity contribution in [1.82, 2.24) is 24.4 Å². The highest BCUT2D eigenvalue weighted by molar-refractivity contribution is 5.85. The average molecular weight is 494 g/mol. The van der Waals surface area contributed by atoms with Crippen LogP contribution in [0.25, 0.3) is 44.6 Å². The standard InChI is InChI=1S/C29H27N5O3/c1-17-31-25-27(37-17)32-26(34(29(25)36)16-18-11-13-33(15-18)28(35)21-6-7-21)20-4-2-19(3-5-20)22-8-9-24-23(14-22)10-12-30-24/h2-5,8-10,12,14,18,21,30H,6-7,11,13,15-16H2,1H3. The molecular formula is C29H27N5O3. The molecule has 1 saturated carbocycles. The molecule has 2 aromatic carbocycles. The van der Waals surface area contributed by atoms with Crippen LogP contribution in [0.15, 0.2) is 63.9 Å². The number of aromatic nitrogens is 4. The van der Waals surface area contributed by atoms with Gasteiger partial charge in [0, 0.05) is 49.8 Å². The van der Waals surface area contributed by atoms with Crippen LogP contribution in [0.3, 0.4) is 0 Å². The van der Waals surface area contributed by atoms with Crippen molar-refractivity contribution in [3.8, 4) is 22.5 Å². The number of rotatable bonds is 5. The van der Waals surface area contributed by atoms with Crippen molar-refractivity contribution in [1.29, 1.82) is 0 Å². The molecule has 2 fully saturated rings. The van der Waals surface area contributed by atoms with Crippen LogP contribution in [-0.4, -0.2) is 43.4 Å². The fourth-order valence-corrected chi connectivity index (χ4v) is 5.47. The third-order valence-electron chi connectivity index (χ3n) is 7.62. The average Bonchev–Trinajstić information content (AvgIpc) is 3.29. The number of likely N-dealkylation sites (tertiary alicyclic amines) is 1. The lowest BCUT2D eigenvalue weighted by molar-refractivity contribution is -0.131.